The molecule has 20 heavy (non-hydrogen) atoms. The van der Waals surface area contributed by atoms with Crippen LogP contribution in [-0.4, -0.2) is 24.0 Å². The van der Waals surface area contributed by atoms with E-state index in [9.17, 15) is 13.0 Å². The Morgan fingerprint density at radius 3 is 2.30 bits per heavy atom. The van der Waals surface area contributed by atoms with Gasteiger partial charge in [0.05, 0.1) is 10.9 Å². The lowest BCUT2D eigenvalue weighted by Gasteiger charge is -2.27. The van der Waals surface area contributed by atoms with Gasteiger partial charge in [-0.3, -0.25) is 0 Å². The van der Waals surface area contributed by atoms with Crippen LogP contribution < -0.4 is 4.72 Å². The molecule has 0 bridgehead atoms. The second-order valence-corrected chi connectivity index (χ2v) is 9.95. The van der Waals surface area contributed by atoms with Crippen LogP contribution >= 0.6 is 0 Å². The van der Waals surface area contributed by atoms with Crippen molar-refractivity contribution in [2.75, 3.05) is 6.26 Å². The number of hydrogen-bond donors (Lipinski definition) is 1. The topological polar surface area (TPSA) is 69.2 Å². The number of hydrogen-bond acceptors (Lipinski definition) is 4. The van der Waals surface area contributed by atoms with Gasteiger partial charge in [0.15, 0.2) is 9.84 Å². The summed E-state index contributed by atoms with van der Waals surface area (Å²) in [7, 11) is -3.25. The maximum absolute atomic E-state index is 12.1. The molecule has 1 aromatic carbocycles. The largest absolute Gasteiger partial charge is 0.598 e. The maximum Gasteiger partial charge on any atom is 0.175 e. The Balaban J connectivity index is 3.10. The molecule has 114 valence electrons. The summed E-state index contributed by atoms with van der Waals surface area (Å²) in [6, 6.07) is 5.00. The number of rotatable bonds is 4. The molecule has 0 spiro atoms. The van der Waals surface area contributed by atoms with Gasteiger partial charge in [0, 0.05) is 17.6 Å². The molecular formula is C14H23NO3S2. The minimum atomic E-state index is -3.25. The molecule has 0 aliphatic rings. The third-order valence-corrected chi connectivity index (χ3v) is 5.95. The van der Waals surface area contributed by atoms with E-state index in [0.717, 1.165) is 5.56 Å². The van der Waals surface area contributed by atoms with Gasteiger partial charge in [-0.15, -0.1) is 4.72 Å². The third-order valence-electron chi connectivity index (χ3n) is 3.03. The summed E-state index contributed by atoms with van der Waals surface area (Å²) in [4.78, 5) is 0.324. The highest BCUT2D eigenvalue weighted by Crippen LogP contribution is 2.26. The predicted molar refractivity (Wildman–Crippen MR) is 83.7 cm³/mol. The molecule has 1 N–H and O–H groups in total. The second kappa shape index (κ2) is 6.05. The van der Waals surface area contributed by atoms with Gasteiger partial charge >= 0.3 is 0 Å². The summed E-state index contributed by atoms with van der Waals surface area (Å²) in [5.74, 6) is 0. The Bertz CT molecular complexity index is 577. The van der Waals surface area contributed by atoms with Crippen LogP contribution in [0.3, 0.4) is 0 Å². The predicted octanol–water partition coefficient (Wildman–Crippen LogP) is 2.51. The van der Waals surface area contributed by atoms with Gasteiger partial charge < -0.3 is 4.55 Å². The van der Waals surface area contributed by atoms with Crippen LogP contribution in [0.2, 0.25) is 0 Å². The highest BCUT2D eigenvalue weighted by molar-refractivity contribution is 7.91. The standard InChI is InChI=1S/C14H23NO3S2/c1-10-12(8-7-9-13(10)20(6,17)18)11(2)15-19(16)14(3,4)5/h7-9,11,15H,1-6H3/t11-,19-/m1/s1. The van der Waals surface area contributed by atoms with Crippen molar-refractivity contribution in [3.8, 4) is 0 Å². The zero-order valence-corrected chi connectivity index (χ0v) is 14.5. The van der Waals surface area contributed by atoms with Gasteiger partial charge in [0.25, 0.3) is 0 Å². The highest BCUT2D eigenvalue weighted by Gasteiger charge is 2.29. The number of sulfone groups is 1. The summed E-state index contributed by atoms with van der Waals surface area (Å²) in [6.07, 6.45) is 1.20. The molecule has 1 aromatic rings. The minimum Gasteiger partial charge on any atom is -0.598 e. The molecule has 0 amide bonds. The van der Waals surface area contributed by atoms with Crippen molar-refractivity contribution in [2.24, 2.45) is 0 Å². The summed E-state index contributed by atoms with van der Waals surface area (Å²) < 4.78 is 38.3. The number of benzene rings is 1. The van der Waals surface area contributed by atoms with Crippen LogP contribution in [0.5, 0.6) is 0 Å². The first-order valence-corrected chi connectivity index (χ1v) is 9.46. The molecule has 0 fully saturated rings. The average Bonchev–Trinajstić information content (AvgIpc) is 2.26. The monoisotopic (exact) mass is 317 g/mol. The van der Waals surface area contributed by atoms with Crippen molar-refractivity contribution in [3.05, 3.63) is 29.3 Å². The van der Waals surface area contributed by atoms with Gasteiger partial charge in [-0.2, -0.15) is 0 Å². The summed E-state index contributed by atoms with van der Waals surface area (Å²) in [5, 5.41) is 0. The fourth-order valence-corrected chi connectivity index (χ4v) is 3.70. The van der Waals surface area contributed by atoms with E-state index in [1.165, 1.54) is 6.26 Å². The summed E-state index contributed by atoms with van der Waals surface area (Å²) in [5.41, 5.74) is 1.56. The van der Waals surface area contributed by atoms with Crippen molar-refractivity contribution in [1.82, 2.24) is 4.72 Å². The summed E-state index contributed by atoms with van der Waals surface area (Å²) >= 11 is -1.20. The second-order valence-electron chi connectivity index (χ2n) is 5.96. The van der Waals surface area contributed by atoms with E-state index in [2.05, 4.69) is 4.72 Å². The van der Waals surface area contributed by atoms with Crippen LogP contribution in [0, 0.1) is 6.92 Å². The Kier molecular flexibility index (Phi) is 5.29. The zero-order chi connectivity index (χ0) is 15.7. The molecule has 0 aliphatic carbocycles. The van der Waals surface area contributed by atoms with Crippen LogP contribution in [0.25, 0.3) is 0 Å². The molecule has 0 heterocycles. The third kappa shape index (κ3) is 4.22. The first-order chi connectivity index (χ1) is 8.94. The normalized spacial score (nSPS) is 15.9. The lowest BCUT2D eigenvalue weighted by molar-refractivity contribution is 0.530. The molecule has 4 nitrogen and oxygen atoms in total. The van der Waals surface area contributed by atoms with Crippen LogP contribution in [0.15, 0.2) is 23.1 Å². The van der Waals surface area contributed by atoms with E-state index < -0.39 is 21.2 Å². The molecule has 2 atom stereocenters. The lowest BCUT2D eigenvalue weighted by Crippen LogP contribution is -2.40. The van der Waals surface area contributed by atoms with Crippen LogP contribution in [0.4, 0.5) is 0 Å². The van der Waals surface area contributed by atoms with Crippen molar-refractivity contribution < 1.29 is 13.0 Å². The molecule has 1 rings (SSSR count). The minimum absolute atomic E-state index is 0.184. The lowest BCUT2D eigenvalue weighted by atomic mass is 10.0. The fraction of sp³-hybridized carbons (Fsp3) is 0.571. The van der Waals surface area contributed by atoms with E-state index in [1.54, 1.807) is 19.1 Å². The van der Waals surface area contributed by atoms with E-state index in [-0.39, 0.29) is 10.8 Å². The zero-order valence-electron chi connectivity index (χ0n) is 12.9. The van der Waals surface area contributed by atoms with E-state index >= 15 is 0 Å². The van der Waals surface area contributed by atoms with E-state index in [1.807, 2.05) is 33.8 Å². The smallest absolute Gasteiger partial charge is 0.175 e. The SMILES string of the molecule is Cc1c([C@@H](C)N[S@+]([O-])C(C)(C)C)cccc1S(C)(=O)=O. The Morgan fingerprint density at radius 1 is 1.30 bits per heavy atom. The molecule has 6 heteroatoms. The van der Waals surface area contributed by atoms with Crippen molar-refractivity contribution >= 4 is 21.2 Å². The first-order valence-electron chi connectivity index (χ1n) is 6.42. The van der Waals surface area contributed by atoms with Crippen molar-refractivity contribution in [3.63, 3.8) is 0 Å². The quantitative estimate of drug-likeness (QED) is 0.866. The molecule has 0 aliphatic heterocycles. The van der Waals surface area contributed by atoms with Crippen molar-refractivity contribution in [1.29, 1.82) is 0 Å². The Labute approximate surface area is 125 Å². The molecular weight excluding hydrogens is 294 g/mol. The van der Waals surface area contributed by atoms with Gasteiger partial charge in [-0.1, -0.05) is 12.1 Å². The Hall–Kier alpha value is -0.560. The highest BCUT2D eigenvalue weighted by atomic mass is 32.2. The Morgan fingerprint density at radius 2 is 1.85 bits per heavy atom. The fourth-order valence-electron chi connectivity index (χ4n) is 1.90. The average molecular weight is 317 g/mol. The van der Waals surface area contributed by atoms with Gasteiger partial charge in [-0.05, 0) is 51.8 Å². The van der Waals surface area contributed by atoms with E-state index in [0.29, 0.717) is 10.5 Å². The van der Waals surface area contributed by atoms with E-state index in [4.69, 9.17) is 0 Å². The van der Waals surface area contributed by atoms with Gasteiger partial charge in [-0.25, -0.2) is 8.42 Å². The molecule has 0 saturated heterocycles. The molecule has 0 aromatic heterocycles. The van der Waals surface area contributed by atoms with Crippen LogP contribution in [-0.2, 0) is 21.2 Å². The van der Waals surface area contributed by atoms with Gasteiger partial charge in [0.1, 0.15) is 4.75 Å². The molecule has 0 unspecified atom stereocenters. The van der Waals surface area contributed by atoms with Crippen LogP contribution in [0.1, 0.15) is 44.9 Å². The van der Waals surface area contributed by atoms with Crippen molar-refractivity contribution in [2.45, 2.75) is 50.3 Å². The summed E-state index contributed by atoms with van der Waals surface area (Å²) in [6.45, 7) is 9.34. The van der Waals surface area contributed by atoms with Gasteiger partial charge in [0.2, 0.25) is 0 Å². The number of nitrogens with one attached hydrogen (secondary N) is 1. The molecule has 0 radical (unpaired) electrons. The first kappa shape index (κ1) is 17.5. The molecule has 0 saturated carbocycles. The maximum atomic E-state index is 12.1.